The molecule has 3 saturated carbocycles. The topological polar surface area (TPSA) is 111 Å². The van der Waals surface area contributed by atoms with Gasteiger partial charge in [-0.1, -0.05) is 44.5 Å². The number of hydrogen-bond acceptors (Lipinski definition) is 8. The number of fused-ring (bicyclic) bond motifs is 5. The number of carbonyl (C=O) groups is 3. The number of ketones is 1. The van der Waals surface area contributed by atoms with Crippen LogP contribution in [-0.4, -0.2) is 59.6 Å². The second-order valence-electron chi connectivity index (χ2n) is 11.7. The molecule has 9 heteroatoms. The first-order valence-corrected chi connectivity index (χ1v) is 13.6. The lowest BCUT2D eigenvalue weighted by Crippen LogP contribution is -2.70. The van der Waals surface area contributed by atoms with Gasteiger partial charge in [0, 0.05) is 35.5 Å². The molecule has 8 atom stereocenters. The molecule has 210 valence electrons. The molecule has 4 aliphatic carbocycles. The van der Waals surface area contributed by atoms with Crippen LogP contribution in [0.1, 0.15) is 73.1 Å². The van der Waals surface area contributed by atoms with E-state index in [1.165, 1.54) is 7.11 Å². The molecule has 0 saturated heterocycles. The quantitative estimate of drug-likeness (QED) is 0.385. The molecule has 0 aliphatic heterocycles. The van der Waals surface area contributed by atoms with E-state index in [9.17, 15) is 19.5 Å². The molecule has 0 spiro atoms. The van der Waals surface area contributed by atoms with E-state index in [0.717, 1.165) is 5.57 Å². The lowest BCUT2D eigenvalue weighted by molar-refractivity contribution is -0.228. The molecule has 8 nitrogen and oxygen atoms in total. The minimum Gasteiger partial charge on any atom is -0.457 e. The summed E-state index contributed by atoms with van der Waals surface area (Å²) in [4.78, 5) is 43.4. The lowest BCUT2D eigenvalue weighted by atomic mass is 9.44. The van der Waals surface area contributed by atoms with E-state index in [2.05, 4.69) is 5.16 Å². The Bertz CT molecular complexity index is 1100. The summed E-state index contributed by atoms with van der Waals surface area (Å²) in [5.74, 6) is -2.99. The molecule has 0 aromatic heterocycles. The van der Waals surface area contributed by atoms with E-state index in [4.69, 9.17) is 14.3 Å². The number of halogens is 1. The summed E-state index contributed by atoms with van der Waals surface area (Å²) in [5.41, 5.74) is -4.33. The number of ether oxygens (including phenoxy) is 2. The van der Waals surface area contributed by atoms with Crippen molar-refractivity contribution in [3.63, 3.8) is 0 Å². The van der Waals surface area contributed by atoms with Crippen LogP contribution in [0.15, 0.2) is 29.0 Å². The summed E-state index contributed by atoms with van der Waals surface area (Å²) in [6, 6.07) is 0. The highest BCUT2D eigenvalue weighted by atomic mass is 19.1. The molecule has 1 unspecified atom stereocenters. The fourth-order valence-electron chi connectivity index (χ4n) is 8.18. The smallest absolute Gasteiger partial charge is 0.306 e. The van der Waals surface area contributed by atoms with Crippen LogP contribution in [0, 0.1) is 28.6 Å². The van der Waals surface area contributed by atoms with Gasteiger partial charge in [-0.2, -0.15) is 0 Å². The summed E-state index contributed by atoms with van der Waals surface area (Å²) in [6.07, 6.45) is 5.48. The Morgan fingerprint density at radius 2 is 1.84 bits per heavy atom. The van der Waals surface area contributed by atoms with Gasteiger partial charge in [-0.05, 0) is 50.7 Å². The van der Waals surface area contributed by atoms with Crippen molar-refractivity contribution in [2.45, 2.75) is 90.5 Å². The zero-order valence-corrected chi connectivity index (χ0v) is 23.2. The molecule has 0 bridgehead atoms. The Kier molecular flexibility index (Phi) is 7.40. The summed E-state index contributed by atoms with van der Waals surface area (Å²) >= 11 is 0. The lowest BCUT2D eigenvalue weighted by Gasteiger charge is -2.62. The van der Waals surface area contributed by atoms with Gasteiger partial charge in [0.15, 0.2) is 17.9 Å². The Labute approximate surface area is 223 Å². The maximum Gasteiger partial charge on any atom is 0.306 e. The Morgan fingerprint density at radius 3 is 2.47 bits per heavy atom. The minimum absolute atomic E-state index is 0.0542. The Morgan fingerprint density at radius 1 is 1.16 bits per heavy atom. The van der Waals surface area contributed by atoms with Gasteiger partial charge in [0.1, 0.15) is 12.8 Å². The van der Waals surface area contributed by atoms with Crippen molar-refractivity contribution < 1.29 is 38.2 Å². The molecule has 0 aromatic rings. The minimum atomic E-state index is -2.00. The predicted octanol–water partition coefficient (Wildman–Crippen LogP) is 4.25. The van der Waals surface area contributed by atoms with E-state index in [0.29, 0.717) is 25.0 Å². The third-order valence-corrected chi connectivity index (χ3v) is 10.0. The van der Waals surface area contributed by atoms with Crippen LogP contribution < -0.4 is 0 Å². The average molecular weight is 534 g/mol. The third-order valence-electron chi connectivity index (χ3n) is 10.0. The van der Waals surface area contributed by atoms with Crippen LogP contribution in [0.3, 0.4) is 0 Å². The van der Waals surface area contributed by atoms with Crippen LogP contribution in [0.4, 0.5) is 4.39 Å². The molecule has 4 rings (SSSR count). The molecule has 0 radical (unpaired) electrons. The molecule has 1 N–H and O–H groups in total. The fourth-order valence-corrected chi connectivity index (χ4v) is 8.18. The van der Waals surface area contributed by atoms with Crippen molar-refractivity contribution >= 4 is 23.4 Å². The van der Waals surface area contributed by atoms with E-state index in [1.54, 1.807) is 26.0 Å². The van der Waals surface area contributed by atoms with E-state index < -0.39 is 64.4 Å². The van der Waals surface area contributed by atoms with Crippen molar-refractivity contribution in [3.8, 4) is 0 Å². The SMILES string of the molecule is CCC(=O)OCC(=O)C1(OC(=O)CC)[C@@H](C)C[C@H]2[C@@H]3CCC4=C/C(=N\OC)C=C[C@]4(C)[C@@]3(F)[C@@H](O)C[C@@]21C. The van der Waals surface area contributed by atoms with Crippen molar-refractivity contribution in [2.75, 3.05) is 13.7 Å². The monoisotopic (exact) mass is 533 g/mol. The van der Waals surface area contributed by atoms with Crippen LogP contribution in [0.5, 0.6) is 0 Å². The van der Waals surface area contributed by atoms with Gasteiger partial charge in [0.05, 0.1) is 6.10 Å². The van der Waals surface area contributed by atoms with Crippen LogP contribution in [0.2, 0.25) is 0 Å². The predicted molar refractivity (Wildman–Crippen MR) is 138 cm³/mol. The first-order chi connectivity index (χ1) is 17.8. The number of nitrogens with zero attached hydrogens (tertiary/aromatic N) is 1. The van der Waals surface area contributed by atoms with E-state index in [1.807, 2.05) is 26.8 Å². The highest BCUT2D eigenvalue weighted by Gasteiger charge is 2.77. The highest BCUT2D eigenvalue weighted by molar-refractivity contribution is 6.05. The van der Waals surface area contributed by atoms with Crippen LogP contribution in [0.25, 0.3) is 0 Å². The average Bonchev–Trinajstić information content (AvgIpc) is 3.10. The standard InChI is InChI=1S/C29H40FNO7/c1-7-24(34)37-16-23(33)29(38-25(35)8-2)17(3)13-21-20-10-9-18-14-19(31-36-6)11-12-26(18,4)28(20,30)22(32)15-27(21,29)5/h11-12,14,17,20-22,32H,7-10,13,15-16H2,1-6H3/b31-19-/t17-,20-,21-,22-,26-,27-,28-,29?/m0/s1. The molecule has 0 heterocycles. The second kappa shape index (κ2) is 9.88. The van der Waals surface area contributed by atoms with Crippen LogP contribution >= 0.6 is 0 Å². The number of Topliss-reactive ketones (excluding diaryl/α,β-unsaturated/α-hetero) is 1. The van der Waals surface area contributed by atoms with Gasteiger partial charge in [-0.15, -0.1) is 0 Å². The summed E-state index contributed by atoms with van der Waals surface area (Å²) in [6.45, 7) is 8.22. The van der Waals surface area contributed by atoms with E-state index in [-0.39, 0.29) is 25.2 Å². The summed E-state index contributed by atoms with van der Waals surface area (Å²) < 4.78 is 28.8. The van der Waals surface area contributed by atoms with Gasteiger partial charge < -0.3 is 19.4 Å². The fraction of sp³-hybridized carbons (Fsp3) is 0.724. The number of hydrogen-bond donors (Lipinski definition) is 1. The molecule has 0 aromatic carbocycles. The van der Waals surface area contributed by atoms with Crippen LogP contribution in [-0.2, 0) is 28.7 Å². The number of allylic oxidation sites excluding steroid dienone is 4. The number of oxime groups is 1. The number of aliphatic hydroxyl groups excluding tert-OH is 1. The summed E-state index contributed by atoms with van der Waals surface area (Å²) in [7, 11) is 1.45. The Balaban J connectivity index is 1.79. The third kappa shape index (κ3) is 3.79. The molecule has 0 amide bonds. The molecule has 38 heavy (non-hydrogen) atoms. The van der Waals surface area contributed by atoms with Crippen molar-refractivity contribution in [3.05, 3.63) is 23.8 Å². The first-order valence-electron chi connectivity index (χ1n) is 13.6. The number of alkyl halides is 1. The largest absolute Gasteiger partial charge is 0.457 e. The Hall–Kier alpha value is -2.55. The van der Waals surface area contributed by atoms with Crippen molar-refractivity contribution in [1.29, 1.82) is 0 Å². The number of esters is 2. The van der Waals surface area contributed by atoms with Crippen molar-refractivity contribution in [1.82, 2.24) is 0 Å². The number of rotatable bonds is 7. The number of aliphatic hydroxyl groups is 1. The van der Waals surface area contributed by atoms with Gasteiger partial charge in [-0.25, -0.2) is 4.39 Å². The van der Waals surface area contributed by atoms with E-state index >= 15 is 4.39 Å². The molecular weight excluding hydrogens is 493 g/mol. The molecule has 3 fully saturated rings. The van der Waals surface area contributed by atoms with Crippen molar-refractivity contribution in [2.24, 2.45) is 33.7 Å². The van der Waals surface area contributed by atoms with Gasteiger partial charge in [0.25, 0.3) is 0 Å². The maximum atomic E-state index is 17.6. The molecule has 4 aliphatic rings. The molecular formula is C29H40FNO7. The second-order valence-corrected chi connectivity index (χ2v) is 11.7. The normalized spacial score (nSPS) is 42.4. The maximum absolute atomic E-state index is 17.6. The van der Waals surface area contributed by atoms with Gasteiger partial charge in [0.2, 0.25) is 5.78 Å². The summed E-state index contributed by atoms with van der Waals surface area (Å²) in [5, 5.41) is 15.7. The zero-order valence-electron chi connectivity index (χ0n) is 23.2. The van der Waals surface area contributed by atoms with Gasteiger partial charge >= 0.3 is 11.9 Å². The highest BCUT2D eigenvalue weighted by Crippen LogP contribution is 2.71. The zero-order chi connectivity index (χ0) is 28.1. The van der Waals surface area contributed by atoms with Gasteiger partial charge in [-0.3, -0.25) is 14.4 Å². The first kappa shape index (κ1) is 28.5. The number of carbonyl (C=O) groups excluding carboxylic acids is 3.